The zero-order valence-electron chi connectivity index (χ0n) is 27.5. The Morgan fingerprint density at radius 3 is 2.17 bits per heavy atom. The van der Waals surface area contributed by atoms with Gasteiger partial charge in [-0.2, -0.15) is 0 Å². The van der Waals surface area contributed by atoms with Crippen LogP contribution >= 0.6 is 0 Å². The summed E-state index contributed by atoms with van der Waals surface area (Å²) in [6.45, 7) is 2.80. The van der Waals surface area contributed by atoms with Crippen LogP contribution in [0.3, 0.4) is 0 Å². The number of benzene rings is 2. The number of aromatic nitrogens is 4. The average molecular weight is 650 g/mol. The summed E-state index contributed by atoms with van der Waals surface area (Å²) in [5.41, 5.74) is 5.24. The summed E-state index contributed by atoms with van der Waals surface area (Å²) in [6, 6.07) is 15.9. The number of rotatable bonds is 10. The van der Waals surface area contributed by atoms with Crippen molar-refractivity contribution in [2.45, 2.75) is 6.42 Å². The predicted octanol–water partition coefficient (Wildman–Crippen LogP) is 4.00. The number of morpholine rings is 1. The van der Waals surface area contributed by atoms with E-state index in [2.05, 4.69) is 31.7 Å². The van der Waals surface area contributed by atoms with Gasteiger partial charge in [-0.25, -0.2) is 4.63 Å². The van der Waals surface area contributed by atoms with Gasteiger partial charge in [0.15, 0.2) is 1.41 Å². The molecule has 5 aromatic rings. The minimum Gasteiger partial charge on any atom is -0.378 e. The maximum atomic E-state index is 13.2. The molecule has 14 heteroatoms. The molecule has 3 aromatic heterocycles. The van der Waals surface area contributed by atoms with E-state index in [1.54, 1.807) is 59.9 Å². The minimum atomic E-state index is -0.405. The van der Waals surface area contributed by atoms with Gasteiger partial charge in [0.25, 0.3) is 17.7 Å². The van der Waals surface area contributed by atoms with Crippen LogP contribution < -0.4 is 16.0 Å². The third-order valence-corrected chi connectivity index (χ3v) is 7.92. The van der Waals surface area contributed by atoms with Crippen LogP contribution in [-0.2, 0) is 18.8 Å². The number of carbonyl (C=O) groups excluding carboxylic acids is 3. The van der Waals surface area contributed by atoms with Crippen molar-refractivity contribution in [3.8, 4) is 0 Å². The predicted molar refractivity (Wildman–Crippen MR) is 181 cm³/mol. The maximum Gasteiger partial charge on any atom is 0.272 e. The first-order valence-corrected chi connectivity index (χ1v) is 15.3. The number of ether oxygens (including phenoxy) is 1. The molecule has 0 saturated carbocycles. The Balaban J connectivity index is 1.01. The van der Waals surface area contributed by atoms with Crippen LogP contribution in [0.5, 0.6) is 0 Å². The van der Waals surface area contributed by atoms with Crippen LogP contribution in [0, 0.1) is 5.40 Å². The molecule has 0 aliphatic carbocycles. The van der Waals surface area contributed by atoms with Crippen LogP contribution in [-0.4, -0.2) is 80.8 Å². The SMILES string of the molecule is [H]/N=C(\CCNC(=O)c1cc(NC(=O)c2cc(NC(=O)c3ccc(C=Cc4ccc5nonc5c4)cc3)cn2C)cn1C)N1CCOCC1. The molecule has 4 N–H and O–H groups in total. The van der Waals surface area contributed by atoms with E-state index in [1.165, 1.54) is 0 Å². The number of nitrogens with zero attached hydrogens (tertiary/aromatic N) is 5. The van der Waals surface area contributed by atoms with Gasteiger partial charge in [0.1, 0.15) is 22.4 Å². The summed E-state index contributed by atoms with van der Waals surface area (Å²) in [7, 11) is 3.42. The van der Waals surface area contributed by atoms with Crippen LogP contribution in [0.4, 0.5) is 11.4 Å². The van der Waals surface area contributed by atoms with Crippen molar-refractivity contribution < 1.29 is 25.2 Å². The van der Waals surface area contributed by atoms with E-state index >= 15 is 0 Å². The lowest BCUT2D eigenvalue weighted by molar-refractivity contribution is 0.0668. The van der Waals surface area contributed by atoms with Gasteiger partial charge in [-0.3, -0.25) is 19.8 Å². The fourth-order valence-electron chi connectivity index (χ4n) is 5.31. The largest absolute Gasteiger partial charge is 0.378 e. The normalized spacial score (nSPS) is 13.9. The summed E-state index contributed by atoms with van der Waals surface area (Å²) >= 11 is 0. The highest BCUT2D eigenvalue weighted by Crippen LogP contribution is 2.19. The smallest absolute Gasteiger partial charge is 0.272 e. The van der Waals surface area contributed by atoms with Gasteiger partial charge in [-0.1, -0.05) is 30.4 Å². The number of anilines is 2. The van der Waals surface area contributed by atoms with Gasteiger partial charge < -0.3 is 34.7 Å². The van der Waals surface area contributed by atoms with Gasteiger partial charge in [0.2, 0.25) is 0 Å². The number of hydrogen-bond acceptors (Lipinski definition) is 8. The Bertz CT molecular complexity index is 2040. The molecule has 4 heterocycles. The van der Waals surface area contributed by atoms with Gasteiger partial charge in [-0.15, -0.1) is 0 Å². The molecule has 1 saturated heterocycles. The molecule has 0 unspecified atom stereocenters. The number of hydrogen-bond donors (Lipinski definition) is 4. The van der Waals surface area contributed by atoms with Crippen molar-refractivity contribution in [1.82, 2.24) is 29.7 Å². The molecule has 3 amide bonds. The van der Waals surface area contributed by atoms with Crippen molar-refractivity contribution in [2.24, 2.45) is 14.1 Å². The first-order valence-electron chi connectivity index (χ1n) is 15.8. The molecular formula is C34H35N9O5. The summed E-state index contributed by atoms with van der Waals surface area (Å²) in [6.07, 6.45) is 7.58. The molecule has 246 valence electrons. The van der Waals surface area contributed by atoms with E-state index in [9.17, 15) is 14.4 Å². The van der Waals surface area contributed by atoms with Gasteiger partial charge >= 0.3 is 0 Å². The molecule has 48 heavy (non-hydrogen) atoms. The first-order chi connectivity index (χ1) is 23.8. The lowest BCUT2D eigenvalue weighted by Crippen LogP contribution is -2.41. The average Bonchev–Trinajstić information content (AvgIpc) is 3.83. The monoisotopic (exact) mass is 649 g/mol. The van der Waals surface area contributed by atoms with E-state index in [4.69, 9.17) is 10.8 Å². The van der Waals surface area contributed by atoms with Gasteiger partial charge in [-0.05, 0) is 57.8 Å². The number of nitrogens with one attached hydrogen (secondary N) is 4. The number of aryl methyl sites for hydroxylation is 2. The lowest BCUT2D eigenvalue weighted by Gasteiger charge is -2.29. The third kappa shape index (κ3) is 7.50. The Hall–Kier alpha value is -6.02. The van der Waals surface area contributed by atoms with Crippen LogP contribution in [0.1, 0.15) is 48.9 Å². The molecule has 0 bridgehead atoms. The zero-order valence-corrected chi connectivity index (χ0v) is 26.5. The van der Waals surface area contributed by atoms with Crippen LogP contribution in [0.2, 0.25) is 1.41 Å². The fraction of sp³-hybridized carbons (Fsp3) is 0.235. The fourth-order valence-corrected chi connectivity index (χ4v) is 5.31. The quantitative estimate of drug-likeness (QED) is 0.0999. The Morgan fingerprint density at radius 1 is 0.833 bits per heavy atom. The number of carbonyl (C=O) groups is 3. The zero-order chi connectivity index (χ0) is 34.3. The summed E-state index contributed by atoms with van der Waals surface area (Å²) in [4.78, 5) is 41.0. The second-order valence-corrected chi connectivity index (χ2v) is 11.3. The van der Waals surface area contributed by atoms with Crippen molar-refractivity contribution in [3.05, 3.63) is 95.1 Å². The molecule has 1 aliphatic heterocycles. The summed E-state index contributed by atoms with van der Waals surface area (Å²) in [5.74, 6) is -0.440. The van der Waals surface area contributed by atoms with Crippen molar-refractivity contribution in [3.63, 3.8) is 0 Å². The van der Waals surface area contributed by atoms with Crippen molar-refractivity contribution >= 4 is 58.1 Å². The molecule has 0 atom stereocenters. The molecule has 6 rings (SSSR count). The van der Waals surface area contributed by atoms with Crippen LogP contribution in [0.25, 0.3) is 23.2 Å². The van der Waals surface area contributed by atoms with Crippen molar-refractivity contribution in [1.29, 1.82) is 5.40 Å². The molecule has 0 spiro atoms. The molecule has 14 nitrogen and oxygen atoms in total. The van der Waals surface area contributed by atoms with Crippen LogP contribution in [0.15, 0.2) is 71.6 Å². The molecular weight excluding hydrogens is 614 g/mol. The van der Waals surface area contributed by atoms with E-state index in [-0.39, 0.29) is 11.8 Å². The standard InChI is InChI=1S/C34H35N9O5/c1-41-21-26(18-29(41)33(45)36-12-11-31(35)43-13-15-47-16-14-43)38-34(46)30-19-25(20-42(30)2)37-32(44)24-8-5-22(6-9-24)3-4-23-7-10-27-28(17-23)40-48-39-27/h3-10,17-21,35H,11-16H2,1-2H3,(H,36,45)(H,37,44)(H,38,46)/b4-3?,35-31+. The second-order valence-electron chi connectivity index (χ2n) is 11.3. The Kier molecular flexibility index (Phi) is 9.04. The minimum absolute atomic E-state index is 0.306. The summed E-state index contributed by atoms with van der Waals surface area (Å²) in [5, 5.41) is 19.8. The number of amidine groups is 1. The van der Waals surface area contributed by atoms with Gasteiger partial charge in [0, 0.05) is 58.1 Å². The number of fused-ring (bicyclic) bond motifs is 1. The molecule has 2 aromatic carbocycles. The van der Waals surface area contributed by atoms with E-state index in [1.807, 2.05) is 47.4 Å². The van der Waals surface area contributed by atoms with Gasteiger partial charge in [0.05, 0.1) is 30.4 Å². The molecule has 1 aliphatic rings. The molecule has 1 fully saturated rings. The number of amides is 3. The van der Waals surface area contributed by atoms with E-state index < -0.39 is 5.91 Å². The Morgan fingerprint density at radius 2 is 1.46 bits per heavy atom. The highest BCUT2D eigenvalue weighted by molar-refractivity contribution is 6.07. The third-order valence-electron chi connectivity index (χ3n) is 7.92. The Labute approximate surface area is 277 Å². The lowest BCUT2D eigenvalue weighted by atomic mass is 10.1. The maximum absolute atomic E-state index is 13.2. The van der Waals surface area contributed by atoms with E-state index in [0.717, 1.165) is 11.1 Å². The topological polar surface area (TPSA) is 172 Å². The second kappa shape index (κ2) is 14.2. The first kappa shape index (κ1) is 30.6. The highest BCUT2D eigenvalue weighted by atomic mass is 16.6. The summed E-state index contributed by atoms with van der Waals surface area (Å²) < 4.78 is 20.8. The van der Waals surface area contributed by atoms with Crippen molar-refractivity contribution in [2.75, 3.05) is 43.5 Å². The van der Waals surface area contributed by atoms with E-state index in [0.29, 0.717) is 84.5 Å². The highest BCUT2D eigenvalue weighted by Gasteiger charge is 2.18. The molecule has 0 radical (unpaired) electrons.